The van der Waals surface area contributed by atoms with Gasteiger partial charge in [0.05, 0.1) is 45.4 Å². The molecule has 0 unspecified atom stereocenters. The van der Waals surface area contributed by atoms with Crippen molar-refractivity contribution >= 4 is 22.9 Å². The number of carbonyl (C=O) groups excluding carboxylic acids is 1. The number of ether oxygens (including phenoxy) is 3. The second-order valence-electron chi connectivity index (χ2n) is 9.64. The molecule has 2 atom stereocenters. The van der Waals surface area contributed by atoms with Crippen LogP contribution in [0.25, 0.3) is 22.4 Å². The van der Waals surface area contributed by atoms with Crippen LogP contribution in [-0.2, 0) is 14.2 Å². The predicted octanol–water partition coefficient (Wildman–Crippen LogP) is 3.73. The van der Waals surface area contributed by atoms with Crippen LogP contribution in [0, 0.1) is 11.6 Å². The number of pyridine rings is 1. The van der Waals surface area contributed by atoms with Crippen LogP contribution in [0.1, 0.15) is 32.6 Å². The zero-order valence-corrected chi connectivity index (χ0v) is 22.9. The van der Waals surface area contributed by atoms with Gasteiger partial charge in [0, 0.05) is 49.4 Å². The van der Waals surface area contributed by atoms with E-state index in [1.54, 1.807) is 18.1 Å². The summed E-state index contributed by atoms with van der Waals surface area (Å²) in [5.41, 5.74) is 1.02. The molecule has 13 heteroatoms. The molecule has 1 saturated carbocycles. The van der Waals surface area contributed by atoms with Crippen LogP contribution in [0.15, 0.2) is 24.7 Å². The van der Waals surface area contributed by atoms with Gasteiger partial charge in [-0.2, -0.15) is 0 Å². The first-order chi connectivity index (χ1) is 19.4. The molecule has 218 valence electrons. The third-order valence-corrected chi connectivity index (χ3v) is 6.69. The van der Waals surface area contributed by atoms with Crippen molar-refractivity contribution < 1.29 is 27.8 Å². The molecule has 0 saturated heterocycles. The van der Waals surface area contributed by atoms with E-state index in [2.05, 4.69) is 30.6 Å². The minimum absolute atomic E-state index is 0.0621. The molecule has 0 spiro atoms. The Kier molecular flexibility index (Phi) is 11.0. The molecule has 4 rings (SSSR count). The fourth-order valence-corrected chi connectivity index (χ4v) is 4.58. The predicted molar refractivity (Wildman–Crippen MR) is 146 cm³/mol. The normalized spacial score (nSPS) is 17.2. The fourth-order valence-electron chi connectivity index (χ4n) is 4.58. The number of amides is 2. The number of fused-ring (bicyclic) bond motifs is 1. The molecule has 40 heavy (non-hydrogen) atoms. The fraction of sp³-hybridized carbons (Fsp3) is 0.556. The highest BCUT2D eigenvalue weighted by molar-refractivity contribution is 5.91. The number of nitrogens with zero attached hydrogens (tertiary/aromatic N) is 4. The second kappa shape index (κ2) is 14.8. The first-order valence-corrected chi connectivity index (χ1v) is 13.6. The van der Waals surface area contributed by atoms with Gasteiger partial charge in [-0.05, 0) is 38.7 Å². The molecule has 2 amide bonds. The highest BCUT2D eigenvalue weighted by atomic mass is 19.1. The molecule has 1 aliphatic rings. The molecule has 11 nitrogen and oxygen atoms in total. The number of hydrogen-bond acceptors (Lipinski definition) is 8. The summed E-state index contributed by atoms with van der Waals surface area (Å²) in [6.07, 6.45) is 6.97. The van der Waals surface area contributed by atoms with E-state index in [9.17, 15) is 13.6 Å². The lowest BCUT2D eigenvalue weighted by molar-refractivity contribution is 0.0149. The number of carbonyl (C=O) groups is 1. The molecule has 1 fully saturated rings. The lowest BCUT2D eigenvalue weighted by atomic mass is 9.91. The first kappa shape index (κ1) is 29.6. The van der Waals surface area contributed by atoms with Crippen molar-refractivity contribution in [1.82, 2.24) is 30.2 Å². The highest BCUT2D eigenvalue weighted by Gasteiger charge is 2.25. The highest BCUT2D eigenvalue weighted by Crippen LogP contribution is 2.28. The SMILES string of the molecule is CCOCCOCCOCCN(C)C(=O)N[C@@H]1CCC[C@H](Nc2nc(-c3c[nH]c4ncc(F)cc34)ncc2F)C1. The topological polar surface area (TPSA) is 127 Å². The van der Waals surface area contributed by atoms with Gasteiger partial charge in [-0.1, -0.05) is 0 Å². The smallest absolute Gasteiger partial charge is 0.317 e. The Labute approximate surface area is 232 Å². The Balaban J connectivity index is 1.24. The molecule has 3 aromatic heterocycles. The van der Waals surface area contributed by atoms with Gasteiger partial charge in [0.2, 0.25) is 0 Å². The molecular weight excluding hydrogens is 524 g/mol. The standard InChI is InChI=1S/C27H37F2N7O4/c1-3-38-9-10-40-12-11-39-8-7-36(2)27(37)34-20-6-4-5-19(14-20)33-26-23(29)17-32-25(35-26)22-16-31-24-21(22)13-18(28)15-30-24/h13,15-17,19-20H,3-12,14H2,1-2H3,(H,30,31)(H,34,37)(H,32,33,35)/t19-,20+/m0/s1. The molecule has 0 radical (unpaired) electrons. The van der Waals surface area contributed by atoms with Gasteiger partial charge in [0.1, 0.15) is 11.5 Å². The van der Waals surface area contributed by atoms with E-state index in [0.717, 1.165) is 31.7 Å². The van der Waals surface area contributed by atoms with Crippen LogP contribution < -0.4 is 10.6 Å². The number of hydrogen-bond donors (Lipinski definition) is 3. The van der Waals surface area contributed by atoms with Gasteiger partial charge in [-0.3, -0.25) is 0 Å². The second-order valence-corrected chi connectivity index (χ2v) is 9.64. The maximum atomic E-state index is 14.7. The summed E-state index contributed by atoms with van der Waals surface area (Å²) in [6.45, 7) is 5.48. The number of aromatic nitrogens is 4. The summed E-state index contributed by atoms with van der Waals surface area (Å²) >= 11 is 0. The number of nitrogens with one attached hydrogen (secondary N) is 3. The van der Waals surface area contributed by atoms with Crippen LogP contribution in [-0.4, -0.2) is 96.2 Å². The summed E-state index contributed by atoms with van der Waals surface area (Å²) in [4.78, 5) is 29.7. The number of rotatable bonds is 14. The molecule has 0 aliphatic heterocycles. The Morgan fingerprint density at radius 1 is 1.07 bits per heavy atom. The minimum Gasteiger partial charge on any atom is -0.379 e. The van der Waals surface area contributed by atoms with Crippen molar-refractivity contribution in [2.75, 3.05) is 58.6 Å². The molecular formula is C27H37F2N7O4. The Bertz CT molecular complexity index is 1240. The summed E-state index contributed by atoms with van der Waals surface area (Å²) in [7, 11) is 1.72. The van der Waals surface area contributed by atoms with Crippen LogP contribution in [0.5, 0.6) is 0 Å². The van der Waals surface area contributed by atoms with E-state index in [4.69, 9.17) is 14.2 Å². The van der Waals surface area contributed by atoms with Crippen molar-refractivity contribution in [3.63, 3.8) is 0 Å². The number of halogens is 2. The van der Waals surface area contributed by atoms with Crippen LogP contribution in [0.2, 0.25) is 0 Å². The molecule has 3 heterocycles. The maximum Gasteiger partial charge on any atom is 0.317 e. The largest absolute Gasteiger partial charge is 0.379 e. The number of urea groups is 1. The number of H-pyrrole nitrogens is 1. The molecule has 3 N–H and O–H groups in total. The van der Waals surface area contributed by atoms with Crippen LogP contribution in [0.3, 0.4) is 0 Å². The van der Waals surface area contributed by atoms with Crippen LogP contribution in [0.4, 0.5) is 19.4 Å². The Morgan fingerprint density at radius 2 is 1.82 bits per heavy atom. The van der Waals surface area contributed by atoms with E-state index in [1.807, 2.05) is 6.92 Å². The lowest BCUT2D eigenvalue weighted by Crippen LogP contribution is -2.47. The monoisotopic (exact) mass is 561 g/mol. The van der Waals surface area contributed by atoms with E-state index in [1.165, 1.54) is 6.07 Å². The number of aromatic amines is 1. The van der Waals surface area contributed by atoms with E-state index in [0.29, 0.717) is 69.2 Å². The van der Waals surface area contributed by atoms with Gasteiger partial charge in [-0.15, -0.1) is 0 Å². The average Bonchev–Trinajstić information content (AvgIpc) is 3.36. The average molecular weight is 562 g/mol. The van der Waals surface area contributed by atoms with Gasteiger partial charge < -0.3 is 34.7 Å². The molecule has 3 aromatic rings. The van der Waals surface area contributed by atoms with E-state index < -0.39 is 11.6 Å². The van der Waals surface area contributed by atoms with E-state index >= 15 is 0 Å². The third kappa shape index (κ3) is 8.29. The third-order valence-electron chi connectivity index (χ3n) is 6.69. The van der Waals surface area contributed by atoms with Gasteiger partial charge >= 0.3 is 6.03 Å². The van der Waals surface area contributed by atoms with Crippen LogP contribution >= 0.6 is 0 Å². The molecule has 0 aromatic carbocycles. The first-order valence-electron chi connectivity index (χ1n) is 13.6. The lowest BCUT2D eigenvalue weighted by Gasteiger charge is -2.32. The van der Waals surface area contributed by atoms with Crippen molar-refractivity contribution in [3.05, 3.63) is 36.3 Å². The van der Waals surface area contributed by atoms with E-state index in [-0.39, 0.29) is 29.8 Å². The Morgan fingerprint density at radius 3 is 2.62 bits per heavy atom. The quantitative estimate of drug-likeness (QED) is 0.254. The van der Waals surface area contributed by atoms with Crippen molar-refractivity contribution in [2.45, 2.75) is 44.7 Å². The Hall–Kier alpha value is -3.42. The van der Waals surface area contributed by atoms with Crippen molar-refractivity contribution in [1.29, 1.82) is 0 Å². The van der Waals surface area contributed by atoms with Crippen molar-refractivity contribution in [2.24, 2.45) is 0 Å². The summed E-state index contributed by atoms with van der Waals surface area (Å²) in [5.74, 6) is -0.750. The summed E-state index contributed by atoms with van der Waals surface area (Å²) in [6, 6.07) is 1.01. The molecule has 1 aliphatic carbocycles. The van der Waals surface area contributed by atoms with Crippen molar-refractivity contribution in [3.8, 4) is 11.4 Å². The maximum absolute atomic E-state index is 14.7. The number of anilines is 1. The number of likely N-dealkylation sites (N-methyl/N-ethyl adjacent to an activating group) is 1. The van der Waals surface area contributed by atoms with Gasteiger partial charge in [-0.25, -0.2) is 28.5 Å². The summed E-state index contributed by atoms with van der Waals surface area (Å²) < 4.78 is 44.5. The van der Waals surface area contributed by atoms with Gasteiger partial charge in [0.15, 0.2) is 17.5 Å². The molecule has 0 bridgehead atoms. The zero-order chi connectivity index (χ0) is 28.3. The zero-order valence-electron chi connectivity index (χ0n) is 22.9. The minimum atomic E-state index is -0.585. The van der Waals surface area contributed by atoms with Gasteiger partial charge in [0.25, 0.3) is 0 Å². The summed E-state index contributed by atoms with van der Waals surface area (Å²) in [5, 5.41) is 6.76.